The van der Waals surface area contributed by atoms with Gasteiger partial charge in [0.15, 0.2) is 0 Å². The fourth-order valence-electron chi connectivity index (χ4n) is 3.95. The molecule has 0 N–H and O–H groups in total. The minimum absolute atomic E-state index is 0.0739. The molecule has 0 radical (unpaired) electrons. The lowest BCUT2D eigenvalue weighted by Gasteiger charge is -2.33. The summed E-state index contributed by atoms with van der Waals surface area (Å²) in [5.74, 6) is 0.419. The lowest BCUT2D eigenvalue weighted by atomic mass is 9.80. The largest absolute Gasteiger partial charge is 0.444 e. The number of amides is 1. The van der Waals surface area contributed by atoms with Crippen molar-refractivity contribution in [2.75, 3.05) is 19.4 Å². The van der Waals surface area contributed by atoms with Crippen LogP contribution in [-0.2, 0) is 19.0 Å². The third-order valence-electron chi connectivity index (χ3n) is 4.66. The van der Waals surface area contributed by atoms with Crippen LogP contribution in [0.1, 0.15) is 74.7 Å². The summed E-state index contributed by atoms with van der Waals surface area (Å²) in [6, 6.07) is 0. The van der Waals surface area contributed by atoms with Gasteiger partial charge in [0.25, 0.3) is 10.1 Å². The van der Waals surface area contributed by atoms with Crippen molar-refractivity contribution in [3.8, 4) is 0 Å². The molecule has 160 valence electrons. The summed E-state index contributed by atoms with van der Waals surface area (Å²) in [7, 11) is -3.46. The second kappa shape index (κ2) is 8.27. The van der Waals surface area contributed by atoms with Crippen LogP contribution in [0.3, 0.4) is 0 Å². The van der Waals surface area contributed by atoms with Crippen molar-refractivity contribution in [3.63, 3.8) is 0 Å². The second-order valence-corrected chi connectivity index (χ2v) is 12.5. The molecule has 1 aliphatic heterocycles. The van der Waals surface area contributed by atoms with E-state index < -0.39 is 15.7 Å². The summed E-state index contributed by atoms with van der Waals surface area (Å²) in [6.07, 6.45) is 3.37. The highest BCUT2D eigenvalue weighted by Crippen LogP contribution is 2.39. The normalized spacial score (nSPS) is 22.0. The van der Waals surface area contributed by atoms with Gasteiger partial charge in [0.1, 0.15) is 5.60 Å². The Bertz CT molecular complexity index is 613. The first-order valence-electron chi connectivity index (χ1n) is 9.73. The topological polar surface area (TPSA) is 72.9 Å². The SMILES string of the molecule is CC(C)(C)CC(COS(C)(=O)=O)C[C@@H]1CN(C(=O)OC(C)(C)C)C(C)(C)C1. The minimum atomic E-state index is -3.46. The molecule has 27 heavy (non-hydrogen) atoms. The zero-order valence-electron chi connectivity index (χ0n) is 18.6. The Morgan fingerprint density at radius 1 is 1.19 bits per heavy atom. The first kappa shape index (κ1) is 24.2. The number of hydrogen-bond acceptors (Lipinski definition) is 5. The van der Waals surface area contributed by atoms with Crippen molar-refractivity contribution < 1.29 is 22.1 Å². The maximum atomic E-state index is 12.6. The fraction of sp³-hybridized carbons (Fsp3) is 0.950. The lowest BCUT2D eigenvalue weighted by Crippen LogP contribution is -2.45. The smallest absolute Gasteiger partial charge is 0.410 e. The molecule has 1 amide bonds. The number of nitrogens with zero attached hydrogens (tertiary/aromatic N) is 1. The van der Waals surface area contributed by atoms with Gasteiger partial charge >= 0.3 is 6.09 Å². The van der Waals surface area contributed by atoms with E-state index in [1.54, 1.807) is 0 Å². The number of ether oxygens (including phenoxy) is 1. The number of hydrogen-bond donors (Lipinski definition) is 0. The average Bonchev–Trinajstić information content (AvgIpc) is 2.66. The quantitative estimate of drug-likeness (QED) is 0.611. The molecule has 2 atom stereocenters. The van der Waals surface area contributed by atoms with Gasteiger partial charge in [-0.3, -0.25) is 4.18 Å². The highest BCUT2D eigenvalue weighted by atomic mass is 32.2. The molecule has 1 heterocycles. The standard InChI is InChI=1S/C20H39NO5S/c1-18(2,3)11-16(14-25-27(9,23)24)10-15-12-20(7,8)21(13-15)17(22)26-19(4,5)6/h15-16H,10-14H2,1-9H3/t15-,16?/m0/s1. The summed E-state index contributed by atoms with van der Waals surface area (Å²) in [5, 5.41) is 0. The number of rotatable bonds is 6. The zero-order valence-corrected chi connectivity index (χ0v) is 19.4. The van der Waals surface area contributed by atoms with Gasteiger partial charge in [-0.25, -0.2) is 4.79 Å². The van der Waals surface area contributed by atoms with Crippen molar-refractivity contribution in [1.29, 1.82) is 0 Å². The highest BCUT2D eigenvalue weighted by molar-refractivity contribution is 7.85. The van der Waals surface area contributed by atoms with Crippen molar-refractivity contribution in [2.45, 2.75) is 85.8 Å². The fourth-order valence-corrected chi connectivity index (χ4v) is 4.39. The Morgan fingerprint density at radius 2 is 1.74 bits per heavy atom. The van der Waals surface area contributed by atoms with E-state index in [-0.39, 0.29) is 29.6 Å². The molecule has 1 rings (SSSR count). The van der Waals surface area contributed by atoms with Crippen LogP contribution in [-0.4, -0.2) is 50.0 Å². The van der Waals surface area contributed by atoms with E-state index in [9.17, 15) is 13.2 Å². The molecule has 0 spiro atoms. The maximum absolute atomic E-state index is 12.6. The first-order chi connectivity index (χ1) is 11.9. The third-order valence-corrected chi connectivity index (χ3v) is 5.22. The Balaban J connectivity index is 2.82. The number of carbonyl (C=O) groups excluding carboxylic acids is 1. The second-order valence-electron chi connectivity index (χ2n) is 10.8. The number of carbonyl (C=O) groups is 1. The summed E-state index contributed by atoms with van der Waals surface area (Å²) in [4.78, 5) is 14.4. The van der Waals surface area contributed by atoms with E-state index in [2.05, 4.69) is 34.6 Å². The van der Waals surface area contributed by atoms with Crippen LogP contribution in [0.15, 0.2) is 0 Å². The van der Waals surface area contributed by atoms with Crippen LogP contribution in [0.2, 0.25) is 0 Å². The van der Waals surface area contributed by atoms with Crippen molar-refractivity contribution >= 4 is 16.2 Å². The van der Waals surface area contributed by atoms with Crippen LogP contribution < -0.4 is 0 Å². The van der Waals surface area contributed by atoms with E-state index in [0.717, 1.165) is 25.5 Å². The summed E-state index contributed by atoms with van der Waals surface area (Å²) >= 11 is 0. The molecule has 0 aliphatic carbocycles. The molecule has 0 aromatic carbocycles. The van der Waals surface area contributed by atoms with Crippen molar-refractivity contribution in [2.24, 2.45) is 17.3 Å². The molecule has 0 aromatic rings. The summed E-state index contributed by atoms with van der Waals surface area (Å²) in [5.41, 5.74) is -0.731. The molecular weight excluding hydrogens is 366 g/mol. The highest BCUT2D eigenvalue weighted by Gasteiger charge is 2.43. The van der Waals surface area contributed by atoms with Crippen LogP contribution in [0.4, 0.5) is 4.79 Å². The number of likely N-dealkylation sites (tertiary alicyclic amines) is 1. The molecule has 0 saturated carbocycles. The van der Waals surface area contributed by atoms with E-state index in [1.165, 1.54) is 0 Å². The van der Waals surface area contributed by atoms with Gasteiger partial charge in [-0.05, 0) is 71.1 Å². The van der Waals surface area contributed by atoms with E-state index in [1.807, 2.05) is 25.7 Å². The lowest BCUT2D eigenvalue weighted by molar-refractivity contribution is 0.0130. The molecule has 1 fully saturated rings. The summed E-state index contributed by atoms with van der Waals surface area (Å²) in [6.45, 7) is 17.0. The first-order valence-corrected chi connectivity index (χ1v) is 11.5. The van der Waals surface area contributed by atoms with E-state index in [4.69, 9.17) is 8.92 Å². The molecule has 0 bridgehead atoms. The monoisotopic (exact) mass is 405 g/mol. The molecule has 1 aliphatic rings. The Hall–Kier alpha value is -0.820. The van der Waals surface area contributed by atoms with Crippen molar-refractivity contribution in [1.82, 2.24) is 4.90 Å². The van der Waals surface area contributed by atoms with Crippen LogP contribution in [0, 0.1) is 17.3 Å². The molecule has 6 nitrogen and oxygen atoms in total. The van der Waals surface area contributed by atoms with Gasteiger partial charge in [-0.15, -0.1) is 0 Å². The molecule has 7 heteroatoms. The minimum Gasteiger partial charge on any atom is -0.444 e. The summed E-state index contributed by atoms with van der Waals surface area (Å²) < 4.78 is 33.5. The van der Waals surface area contributed by atoms with Crippen LogP contribution in [0.25, 0.3) is 0 Å². The Kier molecular flexibility index (Phi) is 7.42. The average molecular weight is 406 g/mol. The van der Waals surface area contributed by atoms with Crippen molar-refractivity contribution in [3.05, 3.63) is 0 Å². The molecular formula is C20H39NO5S. The zero-order chi connectivity index (χ0) is 21.3. The molecule has 1 saturated heterocycles. The van der Waals surface area contributed by atoms with Crippen LogP contribution in [0.5, 0.6) is 0 Å². The third kappa shape index (κ3) is 9.28. The van der Waals surface area contributed by atoms with Gasteiger partial charge in [-0.2, -0.15) is 8.42 Å². The van der Waals surface area contributed by atoms with E-state index >= 15 is 0 Å². The van der Waals surface area contributed by atoms with Gasteiger partial charge in [0.2, 0.25) is 0 Å². The molecule has 1 unspecified atom stereocenters. The Labute approximate surface area is 166 Å². The van der Waals surface area contributed by atoms with E-state index in [0.29, 0.717) is 12.5 Å². The van der Waals surface area contributed by atoms with Gasteiger partial charge in [-0.1, -0.05) is 20.8 Å². The molecule has 0 aromatic heterocycles. The van der Waals surface area contributed by atoms with Gasteiger partial charge < -0.3 is 9.64 Å². The Morgan fingerprint density at radius 3 is 2.19 bits per heavy atom. The van der Waals surface area contributed by atoms with Gasteiger partial charge in [0.05, 0.1) is 12.9 Å². The van der Waals surface area contributed by atoms with Gasteiger partial charge in [0, 0.05) is 12.1 Å². The van der Waals surface area contributed by atoms with Crippen LogP contribution >= 0.6 is 0 Å². The predicted molar refractivity (Wildman–Crippen MR) is 108 cm³/mol. The maximum Gasteiger partial charge on any atom is 0.410 e. The predicted octanol–water partition coefficient (Wildman–Crippen LogP) is 4.44.